The SMILES string of the molecule is CNc1nc(N)nc(C(C)(C)NC)n1. The molecule has 1 rings (SSSR count). The molecule has 0 bridgehead atoms. The monoisotopic (exact) mass is 196 g/mol. The van der Waals surface area contributed by atoms with Gasteiger partial charge in [-0.05, 0) is 20.9 Å². The number of aromatic nitrogens is 3. The molecule has 4 N–H and O–H groups in total. The maximum Gasteiger partial charge on any atom is 0.227 e. The molecule has 6 heteroatoms. The maximum absolute atomic E-state index is 5.56. The van der Waals surface area contributed by atoms with Gasteiger partial charge < -0.3 is 16.4 Å². The van der Waals surface area contributed by atoms with E-state index in [1.54, 1.807) is 7.05 Å². The lowest BCUT2D eigenvalue weighted by atomic mass is 10.1. The van der Waals surface area contributed by atoms with E-state index in [-0.39, 0.29) is 11.5 Å². The van der Waals surface area contributed by atoms with Crippen molar-refractivity contribution in [2.24, 2.45) is 0 Å². The van der Waals surface area contributed by atoms with Crippen LogP contribution in [0.25, 0.3) is 0 Å². The predicted octanol–water partition coefficient (Wildman–Crippen LogP) is -0.0500. The lowest BCUT2D eigenvalue weighted by molar-refractivity contribution is 0.416. The third kappa shape index (κ3) is 2.08. The molecule has 0 unspecified atom stereocenters. The number of anilines is 2. The van der Waals surface area contributed by atoms with Crippen LogP contribution in [-0.4, -0.2) is 29.0 Å². The molecule has 0 radical (unpaired) electrons. The van der Waals surface area contributed by atoms with E-state index in [1.165, 1.54) is 0 Å². The number of rotatable bonds is 3. The molecule has 0 spiro atoms. The quantitative estimate of drug-likeness (QED) is 0.628. The fourth-order valence-corrected chi connectivity index (χ4v) is 0.895. The molecule has 14 heavy (non-hydrogen) atoms. The van der Waals surface area contributed by atoms with Crippen LogP contribution in [0, 0.1) is 0 Å². The molecule has 1 heterocycles. The number of hydrogen-bond donors (Lipinski definition) is 3. The van der Waals surface area contributed by atoms with Crippen LogP contribution >= 0.6 is 0 Å². The number of nitrogens with two attached hydrogens (primary N) is 1. The molecule has 0 saturated carbocycles. The number of nitrogens with one attached hydrogen (secondary N) is 2. The minimum atomic E-state index is -0.317. The molecule has 0 amide bonds. The third-order valence-corrected chi connectivity index (χ3v) is 2.06. The zero-order chi connectivity index (χ0) is 10.8. The summed E-state index contributed by atoms with van der Waals surface area (Å²) in [5.74, 6) is 1.33. The van der Waals surface area contributed by atoms with Crippen LogP contribution in [0.5, 0.6) is 0 Å². The predicted molar refractivity (Wildman–Crippen MR) is 55.9 cm³/mol. The maximum atomic E-state index is 5.56. The van der Waals surface area contributed by atoms with Crippen molar-refractivity contribution in [1.82, 2.24) is 20.3 Å². The average Bonchev–Trinajstić information content (AvgIpc) is 2.16. The fraction of sp³-hybridized carbons (Fsp3) is 0.625. The molecule has 0 aliphatic rings. The lowest BCUT2D eigenvalue weighted by Gasteiger charge is -2.22. The number of nitrogens with zero attached hydrogens (tertiary/aromatic N) is 3. The van der Waals surface area contributed by atoms with Gasteiger partial charge in [0, 0.05) is 7.05 Å². The van der Waals surface area contributed by atoms with Gasteiger partial charge in [-0.1, -0.05) is 0 Å². The molecule has 0 saturated heterocycles. The van der Waals surface area contributed by atoms with Gasteiger partial charge >= 0.3 is 0 Å². The molecule has 0 aliphatic heterocycles. The summed E-state index contributed by atoms with van der Waals surface area (Å²) in [6.45, 7) is 3.95. The lowest BCUT2D eigenvalue weighted by Crippen LogP contribution is -2.35. The second-order valence-corrected chi connectivity index (χ2v) is 3.47. The van der Waals surface area contributed by atoms with Gasteiger partial charge in [-0.3, -0.25) is 0 Å². The van der Waals surface area contributed by atoms with Crippen molar-refractivity contribution in [1.29, 1.82) is 0 Å². The summed E-state index contributed by atoms with van der Waals surface area (Å²) in [4.78, 5) is 12.2. The first-order valence-electron chi connectivity index (χ1n) is 4.38. The Bertz CT molecular complexity index is 322. The van der Waals surface area contributed by atoms with Gasteiger partial charge in [0.2, 0.25) is 11.9 Å². The number of hydrogen-bond acceptors (Lipinski definition) is 6. The summed E-state index contributed by atoms with van der Waals surface area (Å²) < 4.78 is 0. The Balaban J connectivity index is 3.15. The van der Waals surface area contributed by atoms with Crippen molar-refractivity contribution >= 4 is 11.9 Å². The van der Waals surface area contributed by atoms with E-state index in [9.17, 15) is 0 Å². The minimum Gasteiger partial charge on any atom is -0.368 e. The van der Waals surface area contributed by atoms with Gasteiger partial charge in [0.25, 0.3) is 0 Å². The highest BCUT2D eigenvalue weighted by Crippen LogP contribution is 2.16. The molecule has 0 aliphatic carbocycles. The van der Waals surface area contributed by atoms with E-state index in [0.717, 1.165) is 0 Å². The van der Waals surface area contributed by atoms with Gasteiger partial charge in [0.15, 0.2) is 5.82 Å². The highest BCUT2D eigenvalue weighted by atomic mass is 15.2. The van der Waals surface area contributed by atoms with Crippen LogP contribution in [0.3, 0.4) is 0 Å². The Kier molecular flexibility index (Phi) is 2.85. The Morgan fingerprint density at radius 2 is 1.79 bits per heavy atom. The minimum absolute atomic E-state index is 0.225. The first kappa shape index (κ1) is 10.6. The first-order valence-corrected chi connectivity index (χ1v) is 4.38. The van der Waals surface area contributed by atoms with E-state index in [2.05, 4.69) is 25.6 Å². The Morgan fingerprint density at radius 3 is 2.29 bits per heavy atom. The smallest absolute Gasteiger partial charge is 0.227 e. The average molecular weight is 196 g/mol. The van der Waals surface area contributed by atoms with Crippen LogP contribution in [-0.2, 0) is 5.54 Å². The topological polar surface area (TPSA) is 88.8 Å². The van der Waals surface area contributed by atoms with Gasteiger partial charge in [-0.25, -0.2) is 0 Å². The van der Waals surface area contributed by atoms with Crippen molar-refractivity contribution in [2.45, 2.75) is 19.4 Å². The highest BCUT2D eigenvalue weighted by Gasteiger charge is 2.22. The van der Waals surface area contributed by atoms with Crippen molar-refractivity contribution < 1.29 is 0 Å². The Morgan fingerprint density at radius 1 is 1.14 bits per heavy atom. The van der Waals surface area contributed by atoms with Crippen molar-refractivity contribution in [3.05, 3.63) is 5.82 Å². The molecule has 1 aromatic rings. The fourth-order valence-electron chi connectivity index (χ4n) is 0.895. The zero-order valence-electron chi connectivity index (χ0n) is 8.92. The van der Waals surface area contributed by atoms with Crippen molar-refractivity contribution in [3.63, 3.8) is 0 Å². The molecule has 6 nitrogen and oxygen atoms in total. The van der Waals surface area contributed by atoms with Crippen molar-refractivity contribution in [2.75, 3.05) is 25.1 Å². The molecule has 1 aromatic heterocycles. The summed E-state index contributed by atoms with van der Waals surface area (Å²) in [5, 5.41) is 5.93. The van der Waals surface area contributed by atoms with Gasteiger partial charge in [0.1, 0.15) is 0 Å². The van der Waals surface area contributed by atoms with E-state index in [1.807, 2.05) is 20.9 Å². The summed E-state index contributed by atoms with van der Waals surface area (Å²) in [6, 6.07) is 0. The first-order chi connectivity index (χ1) is 6.49. The van der Waals surface area contributed by atoms with Gasteiger partial charge in [0.05, 0.1) is 5.54 Å². The molecule has 0 aromatic carbocycles. The van der Waals surface area contributed by atoms with Crippen LogP contribution in [0.2, 0.25) is 0 Å². The molecule has 78 valence electrons. The van der Waals surface area contributed by atoms with Crippen LogP contribution < -0.4 is 16.4 Å². The normalized spacial score (nSPS) is 11.4. The van der Waals surface area contributed by atoms with E-state index >= 15 is 0 Å². The second kappa shape index (κ2) is 3.75. The van der Waals surface area contributed by atoms with E-state index in [4.69, 9.17) is 5.73 Å². The van der Waals surface area contributed by atoms with Crippen molar-refractivity contribution in [3.8, 4) is 0 Å². The standard InChI is InChI=1S/C8H16N6/c1-8(2,11-4)5-12-6(9)14-7(10-3)13-5/h11H,1-4H3,(H3,9,10,12,13,14). The molecular formula is C8H16N6. The number of nitrogen functional groups attached to an aromatic ring is 1. The summed E-state index contributed by atoms with van der Waals surface area (Å²) in [7, 11) is 3.59. The third-order valence-electron chi connectivity index (χ3n) is 2.06. The molecule has 0 atom stereocenters. The van der Waals surface area contributed by atoms with Gasteiger partial charge in [-0.15, -0.1) is 0 Å². The highest BCUT2D eigenvalue weighted by molar-refractivity contribution is 5.31. The second-order valence-electron chi connectivity index (χ2n) is 3.47. The molecular weight excluding hydrogens is 180 g/mol. The van der Waals surface area contributed by atoms with Gasteiger partial charge in [-0.2, -0.15) is 15.0 Å². The van der Waals surface area contributed by atoms with Crippen LogP contribution in [0.1, 0.15) is 19.7 Å². The summed E-state index contributed by atoms with van der Waals surface area (Å²) in [6.07, 6.45) is 0. The molecule has 0 fully saturated rings. The van der Waals surface area contributed by atoms with Crippen LogP contribution in [0.4, 0.5) is 11.9 Å². The summed E-state index contributed by atoms with van der Waals surface area (Å²) in [5.41, 5.74) is 5.24. The van der Waals surface area contributed by atoms with E-state index < -0.39 is 0 Å². The van der Waals surface area contributed by atoms with E-state index in [0.29, 0.717) is 11.8 Å². The Labute approximate surface area is 83.4 Å². The Hall–Kier alpha value is -1.43. The van der Waals surface area contributed by atoms with Crippen LogP contribution in [0.15, 0.2) is 0 Å². The zero-order valence-corrected chi connectivity index (χ0v) is 8.92. The summed E-state index contributed by atoms with van der Waals surface area (Å²) >= 11 is 0. The largest absolute Gasteiger partial charge is 0.368 e.